The maximum atomic E-state index is 9.01. The second-order valence-electron chi connectivity index (χ2n) is 15.2. The molecule has 0 atom stereocenters. The van der Waals surface area contributed by atoms with Crippen molar-refractivity contribution in [3.05, 3.63) is 218 Å². The Morgan fingerprint density at radius 1 is 0.355 bits per heavy atom. The number of para-hydroxylation sites is 3. The topological polar surface area (TPSA) is 56.7 Å². The Balaban J connectivity index is 1.11. The largest absolute Gasteiger partial charge is 0.455 e. The van der Waals surface area contributed by atoms with Crippen LogP contribution in [0.3, 0.4) is 0 Å². The Labute approximate surface area is 364 Å². The van der Waals surface area contributed by atoms with Gasteiger partial charge in [-0.3, -0.25) is 0 Å². The summed E-state index contributed by atoms with van der Waals surface area (Å²) in [5.41, 5.74) is 11.3. The van der Waals surface area contributed by atoms with E-state index in [1.54, 1.807) is 0 Å². The van der Waals surface area contributed by atoms with Crippen molar-refractivity contribution >= 4 is 43.7 Å². The first-order valence-electron chi connectivity index (χ1n) is 22.9. The molecule has 0 amide bonds. The Morgan fingerprint density at radius 2 is 0.839 bits per heavy atom. The lowest BCUT2D eigenvalue weighted by Crippen LogP contribution is -2.01. The zero-order chi connectivity index (χ0) is 45.3. The van der Waals surface area contributed by atoms with Crippen LogP contribution in [0.4, 0.5) is 0 Å². The Bertz CT molecular complexity index is 3820. The van der Waals surface area contributed by atoms with Crippen molar-refractivity contribution in [2.24, 2.45) is 0 Å². The molecular formula is C57H36N4O. The van der Waals surface area contributed by atoms with Gasteiger partial charge in [-0.05, 0) is 52.1 Å². The zero-order valence-electron chi connectivity index (χ0n) is 38.1. The molecule has 5 heteroatoms. The smallest absolute Gasteiger partial charge is 0.167 e. The van der Waals surface area contributed by atoms with Gasteiger partial charge >= 0.3 is 0 Å². The van der Waals surface area contributed by atoms with Crippen LogP contribution in [0, 0.1) is 0 Å². The fraction of sp³-hybridized carbons (Fsp3) is 0. The molecule has 0 aliphatic heterocycles. The second-order valence-corrected chi connectivity index (χ2v) is 15.2. The molecule has 0 saturated heterocycles. The summed E-state index contributed by atoms with van der Waals surface area (Å²) in [6.07, 6.45) is 0. The highest BCUT2D eigenvalue weighted by Gasteiger charge is 2.23. The molecule has 0 aliphatic rings. The van der Waals surface area contributed by atoms with E-state index in [0.29, 0.717) is 22.3 Å². The molecule has 0 aliphatic carbocycles. The molecule has 0 N–H and O–H groups in total. The average molecular weight is 798 g/mol. The average Bonchev–Trinajstić information content (AvgIpc) is 3.94. The summed E-state index contributed by atoms with van der Waals surface area (Å²) in [7, 11) is 0. The monoisotopic (exact) mass is 797 g/mol. The van der Waals surface area contributed by atoms with Gasteiger partial charge in [0.1, 0.15) is 11.2 Å². The van der Waals surface area contributed by atoms with Gasteiger partial charge in [0.25, 0.3) is 0 Å². The molecular weight excluding hydrogens is 757 g/mol. The zero-order valence-corrected chi connectivity index (χ0v) is 33.1. The first kappa shape index (κ1) is 30.6. The van der Waals surface area contributed by atoms with E-state index < -0.39 is 30.2 Å². The third-order valence-corrected chi connectivity index (χ3v) is 11.6. The molecule has 0 radical (unpaired) electrons. The summed E-state index contributed by atoms with van der Waals surface area (Å²) < 4.78 is 52.8. The van der Waals surface area contributed by atoms with Gasteiger partial charge in [0.2, 0.25) is 0 Å². The number of aromatic nitrogens is 4. The minimum absolute atomic E-state index is 0.0610. The first-order chi connectivity index (χ1) is 32.8. The molecule has 62 heavy (non-hydrogen) atoms. The van der Waals surface area contributed by atoms with Crippen LogP contribution >= 0.6 is 0 Å². The van der Waals surface area contributed by atoms with Gasteiger partial charge < -0.3 is 8.98 Å². The maximum Gasteiger partial charge on any atom is 0.167 e. The van der Waals surface area contributed by atoms with Crippen molar-refractivity contribution in [3.63, 3.8) is 0 Å². The van der Waals surface area contributed by atoms with E-state index in [2.05, 4.69) is 89.5 Å². The number of benzene rings is 9. The van der Waals surface area contributed by atoms with Gasteiger partial charge in [-0.15, -0.1) is 0 Å². The normalized spacial score (nSPS) is 12.7. The van der Waals surface area contributed by atoms with E-state index in [1.165, 1.54) is 0 Å². The van der Waals surface area contributed by atoms with Crippen LogP contribution in [0.2, 0.25) is 0 Å². The van der Waals surface area contributed by atoms with E-state index in [0.717, 1.165) is 71.6 Å². The van der Waals surface area contributed by atoms with Crippen molar-refractivity contribution in [1.29, 1.82) is 0 Å². The summed E-state index contributed by atoms with van der Waals surface area (Å²) in [6.45, 7) is 0. The van der Waals surface area contributed by atoms with Crippen LogP contribution in [0.1, 0.15) is 6.85 Å². The quantitative estimate of drug-likeness (QED) is 0.161. The molecule has 5 nitrogen and oxygen atoms in total. The van der Waals surface area contributed by atoms with Crippen LogP contribution in [0.25, 0.3) is 117 Å². The van der Waals surface area contributed by atoms with E-state index >= 15 is 0 Å². The van der Waals surface area contributed by atoms with Crippen LogP contribution in [-0.4, -0.2) is 19.5 Å². The molecule has 290 valence electrons. The van der Waals surface area contributed by atoms with Gasteiger partial charge in [0, 0.05) is 43.9 Å². The van der Waals surface area contributed by atoms with E-state index in [1.807, 2.05) is 103 Å². The highest BCUT2D eigenvalue weighted by Crippen LogP contribution is 2.43. The van der Waals surface area contributed by atoms with Crippen molar-refractivity contribution in [1.82, 2.24) is 19.5 Å². The molecule has 0 bridgehead atoms. The van der Waals surface area contributed by atoms with Crippen LogP contribution in [-0.2, 0) is 0 Å². The van der Waals surface area contributed by atoms with Crippen LogP contribution in [0.5, 0.6) is 0 Å². The van der Waals surface area contributed by atoms with Gasteiger partial charge in [-0.1, -0.05) is 194 Å². The molecule has 12 rings (SSSR count). The minimum atomic E-state index is -0.502. The van der Waals surface area contributed by atoms with E-state index in [4.69, 9.17) is 26.2 Å². The fourth-order valence-corrected chi connectivity index (χ4v) is 8.62. The Morgan fingerprint density at radius 3 is 1.47 bits per heavy atom. The van der Waals surface area contributed by atoms with Gasteiger partial charge in [-0.2, -0.15) is 0 Å². The highest BCUT2D eigenvalue weighted by molar-refractivity contribution is 6.15. The standard InChI is InChI=1S/C57H36N4O/c1-4-15-37(16-5-1)38-27-29-39(30-28-38)40-31-33-43(34-32-40)56-58-55(42-19-8-3-9-20-42)59-57(60-56)50-36-44(61-51-25-12-10-21-46(51)47-22-11-13-26-52(47)61)35-49-48-24-14-23-45(53(48)62-54(49)50)41-17-6-2-7-18-41/h1-36H/i3D,8D,9D,19D,20D. The summed E-state index contributed by atoms with van der Waals surface area (Å²) in [5.74, 6) is 0.406. The maximum absolute atomic E-state index is 9.01. The summed E-state index contributed by atoms with van der Waals surface area (Å²) in [6, 6.07) is 61.3. The van der Waals surface area contributed by atoms with E-state index in [-0.39, 0.29) is 23.0 Å². The molecule has 0 spiro atoms. The number of furan rings is 1. The van der Waals surface area contributed by atoms with Crippen molar-refractivity contribution < 1.29 is 11.3 Å². The molecule has 0 saturated carbocycles. The number of nitrogens with zero attached hydrogens (tertiary/aromatic N) is 4. The number of hydrogen-bond donors (Lipinski definition) is 0. The summed E-state index contributed by atoms with van der Waals surface area (Å²) >= 11 is 0. The minimum Gasteiger partial charge on any atom is -0.455 e. The lowest BCUT2D eigenvalue weighted by molar-refractivity contribution is 0.670. The summed E-state index contributed by atoms with van der Waals surface area (Å²) in [5, 5.41) is 3.93. The predicted octanol–water partition coefficient (Wildman–Crippen LogP) is 14.9. The lowest BCUT2D eigenvalue weighted by Gasteiger charge is -2.13. The van der Waals surface area contributed by atoms with Gasteiger partial charge in [-0.25, -0.2) is 15.0 Å². The van der Waals surface area contributed by atoms with Gasteiger partial charge in [0.15, 0.2) is 17.5 Å². The molecule has 0 unspecified atom stereocenters. The van der Waals surface area contributed by atoms with Crippen molar-refractivity contribution in [2.75, 3.05) is 0 Å². The SMILES string of the molecule is [2H]c1c([2H])c([2H])c(-c2nc(-c3ccc(-c4ccc(-c5ccccc5)cc4)cc3)nc(-c3cc(-n4c5ccccc5c5ccccc54)cc4c3oc3c(-c5ccccc5)cccc34)n2)c([2H])c1[2H]. The second kappa shape index (κ2) is 14.7. The predicted molar refractivity (Wildman–Crippen MR) is 254 cm³/mol. The number of fused-ring (bicyclic) bond motifs is 6. The van der Waals surface area contributed by atoms with Crippen LogP contribution < -0.4 is 0 Å². The van der Waals surface area contributed by atoms with Crippen molar-refractivity contribution in [3.8, 4) is 73.2 Å². The van der Waals surface area contributed by atoms with Crippen molar-refractivity contribution in [2.45, 2.75) is 0 Å². The Kier molecular flexibility index (Phi) is 7.25. The first-order valence-corrected chi connectivity index (χ1v) is 20.4. The molecule has 12 aromatic rings. The third-order valence-electron chi connectivity index (χ3n) is 11.6. The molecule has 0 fully saturated rings. The van der Waals surface area contributed by atoms with Gasteiger partial charge in [0.05, 0.1) is 23.5 Å². The number of hydrogen-bond acceptors (Lipinski definition) is 4. The highest BCUT2D eigenvalue weighted by atomic mass is 16.3. The fourth-order valence-electron chi connectivity index (χ4n) is 8.62. The lowest BCUT2D eigenvalue weighted by atomic mass is 9.99. The Hall–Kier alpha value is -8.41. The molecule has 3 aromatic heterocycles. The van der Waals surface area contributed by atoms with Crippen LogP contribution in [0.15, 0.2) is 223 Å². The molecule has 3 heterocycles. The van der Waals surface area contributed by atoms with E-state index in [9.17, 15) is 0 Å². The summed E-state index contributed by atoms with van der Waals surface area (Å²) in [4.78, 5) is 15.1. The number of rotatable bonds is 7. The molecule has 9 aromatic carbocycles. The third kappa shape index (κ3) is 6.06.